The molecule has 0 aromatic heterocycles. The Balaban J connectivity index is 2.40. The summed E-state index contributed by atoms with van der Waals surface area (Å²) < 4.78 is 0. The highest BCUT2D eigenvalue weighted by molar-refractivity contribution is 8.00. The summed E-state index contributed by atoms with van der Waals surface area (Å²) in [5.41, 5.74) is 6.32. The number of hydrogen-bond acceptors (Lipinski definition) is 3. The fourth-order valence-electron chi connectivity index (χ4n) is 2.25. The van der Waals surface area contributed by atoms with Crippen molar-refractivity contribution in [3.05, 3.63) is 24.3 Å². The Morgan fingerprint density at radius 2 is 1.95 bits per heavy atom. The van der Waals surface area contributed by atoms with Crippen LogP contribution in [0.25, 0.3) is 0 Å². The third-order valence-corrected chi connectivity index (χ3v) is 4.50. The van der Waals surface area contributed by atoms with Gasteiger partial charge in [0.15, 0.2) is 0 Å². The van der Waals surface area contributed by atoms with Gasteiger partial charge in [-0.2, -0.15) is 0 Å². The number of rotatable bonds is 11. The normalized spacial score (nSPS) is 12.1. The topological polar surface area (TPSA) is 55.1 Å². The van der Waals surface area contributed by atoms with Crippen molar-refractivity contribution in [1.82, 2.24) is 0 Å². The molecule has 1 aromatic carbocycles. The standard InChI is InChI=1S/C17H28N2OS/c1-3-4-5-6-7-10-14(2)19-15-11-8-9-12-16(15)21-13-17(18)20/h8-9,11-12,14,19H,3-7,10,13H2,1-2H3,(H2,18,20). The molecule has 0 heterocycles. The van der Waals surface area contributed by atoms with Gasteiger partial charge in [-0.25, -0.2) is 0 Å². The molecule has 3 N–H and O–H groups in total. The Bertz CT molecular complexity index is 423. The van der Waals surface area contributed by atoms with Gasteiger partial charge in [0.05, 0.1) is 5.75 Å². The zero-order valence-electron chi connectivity index (χ0n) is 13.2. The van der Waals surface area contributed by atoms with Gasteiger partial charge in [-0.1, -0.05) is 51.2 Å². The Hall–Kier alpha value is -1.16. The van der Waals surface area contributed by atoms with Crippen LogP contribution >= 0.6 is 11.8 Å². The number of nitrogens with two attached hydrogens (primary N) is 1. The first-order chi connectivity index (χ1) is 10.1. The molecule has 0 bridgehead atoms. The molecule has 0 saturated carbocycles. The predicted molar refractivity (Wildman–Crippen MR) is 92.8 cm³/mol. The van der Waals surface area contributed by atoms with Crippen LogP contribution < -0.4 is 11.1 Å². The molecule has 21 heavy (non-hydrogen) atoms. The van der Waals surface area contributed by atoms with Crippen LogP contribution in [0.4, 0.5) is 5.69 Å². The number of primary amides is 1. The zero-order chi connectivity index (χ0) is 15.5. The summed E-state index contributed by atoms with van der Waals surface area (Å²) in [4.78, 5) is 12.0. The molecule has 1 unspecified atom stereocenters. The molecule has 4 heteroatoms. The quantitative estimate of drug-likeness (QED) is 0.470. The van der Waals surface area contributed by atoms with Gasteiger partial charge in [0.1, 0.15) is 0 Å². The molecule has 3 nitrogen and oxygen atoms in total. The lowest BCUT2D eigenvalue weighted by atomic mass is 10.1. The number of hydrogen-bond donors (Lipinski definition) is 2. The molecular formula is C17H28N2OS. The van der Waals surface area contributed by atoms with Crippen molar-refractivity contribution in [2.75, 3.05) is 11.1 Å². The lowest BCUT2D eigenvalue weighted by Gasteiger charge is -2.17. The number of amides is 1. The van der Waals surface area contributed by atoms with Crippen molar-refractivity contribution in [2.45, 2.75) is 63.3 Å². The fraction of sp³-hybridized carbons (Fsp3) is 0.588. The number of carbonyl (C=O) groups is 1. The van der Waals surface area contributed by atoms with E-state index in [1.54, 1.807) is 0 Å². The largest absolute Gasteiger partial charge is 0.382 e. The van der Waals surface area contributed by atoms with Gasteiger partial charge >= 0.3 is 0 Å². The van der Waals surface area contributed by atoms with Crippen LogP contribution in [-0.2, 0) is 4.79 Å². The Labute approximate surface area is 133 Å². The van der Waals surface area contributed by atoms with Gasteiger partial charge in [0.2, 0.25) is 5.91 Å². The highest BCUT2D eigenvalue weighted by atomic mass is 32.2. The van der Waals surface area contributed by atoms with E-state index in [0.29, 0.717) is 11.8 Å². The van der Waals surface area contributed by atoms with Crippen LogP contribution in [0.3, 0.4) is 0 Å². The van der Waals surface area contributed by atoms with Crippen LogP contribution in [-0.4, -0.2) is 17.7 Å². The van der Waals surface area contributed by atoms with E-state index in [1.165, 1.54) is 50.3 Å². The van der Waals surface area contributed by atoms with Crippen molar-refractivity contribution in [2.24, 2.45) is 5.73 Å². The molecule has 1 atom stereocenters. The number of anilines is 1. The summed E-state index contributed by atoms with van der Waals surface area (Å²) >= 11 is 1.50. The molecule has 1 amide bonds. The van der Waals surface area contributed by atoms with E-state index in [2.05, 4.69) is 25.2 Å². The smallest absolute Gasteiger partial charge is 0.227 e. The maximum absolute atomic E-state index is 10.9. The first-order valence-electron chi connectivity index (χ1n) is 7.90. The summed E-state index contributed by atoms with van der Waals surface area (Å²) in [6.45, 7) is 4.46. The molecule has 1 aromatic rings. The monoisotopic (exact) mass is 308 g/mol. The van der Waals surface area contributed by atoms with E-state index in [9.17, 15) is 4.79 Å². The predicted octanol–water partition coefficient (Wildman–Crippen LogP) is 4.42. The highest BCUT2D eigenvalue weighted by Gasteiger charge is 2.07. The minimum Gasteiger partial charge on any atom is -0.382 e. The third-order valence-electron chi connectivity index (χ3n) is 3.40. The van der Waals surface area contributed by atoms with Crippen molar-refractivity contribution >= 4 is 23.4 Å². The lowest BCUT2D eigenvalue weighted by molar-refractivity contribution is -0.115. The van der Waals surface area contributed by atoms with Gasteiger partial charge in [-0.3, -0.25) is 4.79 Å². The first-order valence-corrected chi connectivity index (χ1v) is 8.88. The molecule has 0 saturated heterocycles. The van der Waals surface area contributed by atoms with Gasteiger partial charge in [0, 0.05) is 16.6 Å². The molecule has 0 aliphatic rings. The maximum atomic E-state index is 10.9. The number of thioether (sulfide) groups is 1. The second-order valence-electron chi connectivity index (χ2n) is 5.50. The summed E-state index contributed by atoms with van der Waals surface area (Å²) in [6.07, 6.45) is 7.74. The van der Waals surface area contributed by atoms with Crippen LogP contribution in [0.15, 0.2) is 29.2 Å². The molecule has 1 rings (SSSR count). The van der Waals surface area contributed by atoms with Gasteiger partial charge in [0.25, 0.3) is 0 Å². The number of para-hydroxylation sites is 1. The number of unbranched alkanes of at least 4 members (excludes halogenated alkanes) is 4. The summed E-state index contributed by atoms with van der Waals surface area (Å²) in [6, 6.07) is 8.55. The van der Waals surface area contributed by atoms with E-state index in [0.717, 1.165) is 10.6 Å². The lowest BCUT2D eigenvalue weighted by Crippen LogP contribution is -2.16. The average Bonchev–Trinajstić information content (AvgIpc) is 2.46. The van der Waals surface area contributed by atoms with Crippen molar-refractivity contribution in [3.63, 3.8) is 0 Å². The zero-order valence-corrected chi connectivity index (χ0v) is 14.0. The fourth-order valence-corrected chi connectivity index (χ4v) is 3.01. The van der Waals surface area contributed by atoms with E-state index in [4.69, 9.17) is 5.73 Å². The Kier molecular flexibility index (Phi) is 8.99. The first kappa shape index (κ1) is 17.9. The van der Waals surface area contributed by atoms with Crippen LogP contribution in [0, 0.1) is 0 Å². The van der Waals surface area contributed by atoms with Crippen molar-refractivity contribution < 1.29 is 4.79 Å². The SMILES string of the molecule is CCCCCCCC(C)Nc1ccccc1SCC(N)=O. The Morgan fingerprint density at radius 3 is 2.67 bits per heavy atom. The number of nitrogens with one attached hydrogen (secondary N) is 1. The molecule has 118 valence electrons. The summed E-state index contributed by atoms with van der Waals surface area (Å²) in [7, 11) is 0. The van der Waals surface area contributed by atoms with Crippen molar-refractivity contribution in [3.8, 4) is 0 Å². The number of benzene rings is 1. The van der Waals surface area contributed by atoms with Gasteiger partial charge in [-0.05, 0) is 25.5 Å². The van der Waals surface area contributed by atoms with E-state index >= 15 is 0 Å². The van der Waals surface area contributed by atoms with Crippen LogP contribution in [0.2, 0.25) is 0 Å². The van der Waals surface area contributed by atoms with Crippen molar-refractivity contribution in [1.29, 1.82) is 0 Å². The summed E-state index contributed by atoms with van der Waals surface area (Å²) in [5.74, 6) is 0.0446. The van der Waals surface area contributed by atoms with E-state index in [1.807, 2.05) is 18.2 Å². The molecule has 0 spiro atoms. The maximum Gasteiger partial charge on any atom is 0.227 e. The number of carbonyl (C=O) groups excluding carboxylic acids is 1. The second-order valence-corrected chi connectivity index (χ2v) is 6.52. The van der Waals surface area contributed by atoms with E-state index in [-0.39, 0.29) is 5.91 Å². The van der Waals surface area contributed by atoms with Crippen LogP contribution in [0.1, 0.15) is 52.4 Å². The molecule has 0 fully saturated rings. The van der Waals surface area contributed by atoms with Gasteiger partial charge in [-0.15, -0.1) is 11.8 Å². The second kappa shape index (κ2) is 10.6. The molecular weight excluding hydrogens is 280 g/mol. The minimum absolute atomic E-state index is 0.279. The molecule has 0 aliphatic carbocycles. The highest BCUT2D eigenvalue weighted by Crippen LogP contribution is 2.27. The minimum atomic E-state index is -0.279. The Morgan fingerprint density at radius 1 is 1.24 bits per heavy atom. The molecule has 0 aliphatic heterocycles. The molecule has 0 radical (unpaired) electrons. The van der Waals surface area contributed by atoms with E-state index < -0.39 is 0 Å². The average molecular weight is 308 g/mol. The third kappa shape index (κ3) is 8.00. The van der Waals surface area contributed by atoms with Gasteiger partial charge < -0.3 is 11.1 Å². The summed E-state index contributed by atoms with van der Waals surface area (Å²) in [5, 5.41) is 3.55. The van der Waals surface area contributed by atoms with Crippen LogP contribution in [0.5, 0.6) is 0 Å².